The molecule has 0 amide bonds. The van der Waals surface area contributed by atoms with Gasteiger partial charge in [-0.3, -0.25) is 19.5 Å². The van der Waals surface area contributed by atoms with Crippen molar-refractivity contribution in [3.05, 3.63) is 94.7 Å². The number of esters is 1. The van der Waals surface area contributed by atoms with E-state index in [9.17, 15) is 24.8 Å². The summed E-state index contributed by atoms with van der Waals surface area (Å²) in [5, 5.41) is 21.6. The highest BCUT2D eigenvalue weighted by Gasteiger charge is 2.33. The maximum Gasteiger partial charge on any atom is 0.338 e. The van der Waals surface area contributed by atoms with E-state index in [-0.39, 0.29) is 22.3 Å². The Morgan fingerprint density at radius 2 is 1.97 bits per heavy atom. The van der Waals surface area contributed by atoms with Crippen LogP contribution >= 0.6 is 11.3 Å². The summed E-state index contributed by atoms with van der Waals surface area (Å²) < 4.78 is 6.92. The summed E-state index contributed by atoms with van der Waals surface area (Å²) >= 11 is 1.07. The first kappa shape index (κ1) is 24.9. The molecule has 186 valence electrons. The molecule has 0 spiro atoms. The van der Waals surface area contributed by atoms with Crippen molar-refractivity contribution in [2.45, 2.75) is 19.9 Å². The number of carbonyl (C=O) groups excluding carboxylic acids is 1. The molecule has 1 unspecified atom stereocenters. The lowest BCUT2D eigenvalue weighted by Gasteiger charge is -2.25. The van der Waals surface area contributed by atoms with Gasteiger partial charge in [-0.1, -0.05) is 35.6 Å². The third kappa shape index (κ3) is 4.40. The van der Waals surface area contributed by atoms with Crippen LogP contribution in [0.1, 0.15) is 31.0 Å². The summed E-state index contributed by atoms with van der Waals surface area (Å²) in [6.07, 6.45) is 1.39. The van der Waals surface area contributed by atoms with Crippen LogP contribution in [0, 0.1) is 10.1 Å². The molecule has 10 nitrogen and oxygen atoms in total. The number of benzene rings is 2. The van der Waals surface area contributed by atoms with Gasteiger partial charge < -0.3 is 14.7 Å². The third-order valence-electron chi connectivity index (χ3n) is 5.77. The lowest BCUT2D eigenvalue weighted by Crippen LogP contribution is -2.39. The second kappa shape index (κ2) is 9.78. The highest BCUT2D eigenvalue weighted by molar-refractivity contribution is 7.07. The van der Waals surface area contributed by atoms with Gasteiger partial charge in [0.1, 0.15) is 0 Å². The Balaban J connectivity index is 1.95. The average molecular weight is 509 g/mol. The molecule has 0 saturated heterocycles. The Morgan fingerprint density at radius 3 is 2.58 bits per heavy atom. The topological polar surface area (TPSA) is 127 Å². The van der Waals surface area contributed by atoms with Crippen LogP contribution < -0.4 is 19.8 Å². The summed E-state index contributed by atoms with van der Waals surface area (Å²) in [7, 11) is 3.82. The van der Waals surface area contributed by atoms with Gasteiger partial charge in [0.25, 0.3) is 5.56 Å². The molecule has 1 N–H and O–H groups in total. The van der Waals surface area contributed by atoms with Crippen molar-refractivity contribution in [2.24, 2.45) is 4.99 Å². The van der Waals surface area contributed by atoms with E-state index in [0.717, 1.165) is 17.0 Å². The zero-order valence-corrected chi connectivity index (χ0v) is 20.9. The molecule has 2 aromatic carbocycles. The van der Waals surface area contributed by atoms with Crippen LogP contribution in [-0.2, 0) is 9.53 Å². The Morgan fingerprint density at radius 1 is 1.28 bits per heavy atom. The van der Waals surface area contributed by atoms with Crippen LogP contribution in [0.4, 0.5) is 11.4 Å². The fourth-order valence-electron chi connectivity index (χ4n) is 4.02. The molecule has 3 aromatic rings. The van der Waals surface area contributed by atoms with E-state index in [1.54, 1.807) is 13.8 Å². The fraction of sp³-hybridized carbons (Fsp3) is 0.240. The van der Waals surface area contributed by atoms with Crippen molar-refractivity contribution in [1.29, 1.82) is 0 Å². The molecule has 0 bridgehead atoms. The summed E-state index contributed by atoms with van der Waals surface area (Å²) in [5.41, 5.74) is 1.56. The Labute approximate surface area is 209 Å². The van der Waals surface area contributed by atoms with Crippen LogP contribution in [0.15, 0.2) is 63.5 Å². The van der Waals surface area contributed by atoms with Gasteiger partial charge in [-0.15, -0.1) is 0 Å². The quantitative estimate of drug-likeness (QED) is 0.308. The van der Waals surface area contributed by atoms with Crippen molar-refractivity contribution in [1.82, 2.24) is 4.57 Å². The van der Waals surface area contributed by atoms with E-state index in [1.807, 2.05) is 43.3 Å². The van der Waals surface area contributed by atoms with Gasteiger partial charge >= 0.3 is 11.7 Å². The van der Waals surface area contributed by atoms with E-state index in [0.29, 0.717) is 16.1 Å². The number of aromatic hydroxyl groups is 1. The summed E-state index contributed by atoms with van der Waals surface area (Å²) in [6.45, 7) is 3.56. The number of thiazole rings is 1. The first-order valence-electron chi connectivity index (χ1n) is 11.1. The first-order valence-corrected chi connectivity index (χ1v) is 11.9. The number of phenols is 1. The zero-order chi connectivity index (χ0) is 26.1. The molecule has 4 rings (SSSR count). The number of nitro groups is 1. The molecular weight excluding hydrogens is 484 g/mol. The predicted octanol–water partition coefficient (Wildman–Crippen LogP) is 2.48. The van der Waals surface area contributed by atoms with E-state index in [1.165, 1.54) is 28.8 Å². The second-order valence-corrected chi connectivity index (χ2v) is 9.27. The van der Waals surface area contributed by atoms with E-state index >= 15 is 0 Å². The largest absolute Gasteiger partial charge is 0.502 e. The Kier molecular flexibility index (Phi) is 6.75. The van der Waals surface area contributed by atoms with Crippen LogP contribution in [0.25, 0.3) is 6.08 Å². The zero-order valence-electron chi connectivity index (χ0n) is 20.1. The smallest absolute Gasteiger partial charge is 0.338 e. The normalized spacial score (nSPS) is 15.3. The van der Waals surface area contributed by atoms with E-state index in [2.05, 4.69) is 4.99 Å². The fourth-order valence-corrected chi connectivity index (χ4v) is 5.05. The van der Waals surface area contributed by atoms with Crippen LogP contribution in [-0.4, -0.2) is 41.3 Å². The Hall–Kier alpha value is -4.25. The molecule has 11 heteroatoms. The number of fused-ring (bicyclic) bond motifs is 1. The number of hydrogen-bond donors (Lipinski definition) is 1. The van der Waals surface area contributed by atoms with Gasteiger partial charge in [-0.25, -0.2) is 9.79 Å². The molecule has 1 aromatic heterocycles. The van der Waals surface area contributed by atoms with Crippen LogP contribution in [0.5, 0.6) is 5.75 Å². The summed E-state index contributed by atoms with van der Waals surface area (Å²) in [4.78, 5) is 43.9. The van der Waals surface area contributed by atoms with Gasteiger partial charge in [-0.05, 0) is 37.6 Å². The molecule has 0 radical (unpaired) electrons. The van der Waals surface area contributed by atoms with Crippen molar-refractivity contribution in [2.75, 3.05) is 25.6 Å². The number of anilines is 1. The number of ether oxygens (including phenoxy) is 1. The molecule has 36 heavy (non-hydrogen) atoms. The van der Waals surface area contributed by atoms with Crippen molar-refractivity contribution >= 4 is 34.8 Å². The SMILES string of the molecule is CCOC(=O)C1=C(C)N=c2sc(=Cc3cccc([N+](=O)[O-])c3O)c(=O)n2C1c1ccc(N(C)C)cc1. The standard InChI is InChI=1S/C25H24N4O6S/c1-5-35-24(32)20-14(2)26-25-28(21(20)15-9-11-17(12-10-15)27(3)4)23(31)19(36-25)13-16-7-6-8-18(22(16)30)29(33)34/h6-13,21,30H,5H2,1-4H3. The van der Waals surface area contributed by atoms with Gasteiger partial charge in [0, 0.05) is 31.4 Å². The molecule has 1 aliphatic heterocycles. The maximum atomic E-state index is 13.6. The van der Waals surface area contributed by atoms with E-state index < -0.39 is 33.9 Å². The predicted molar refractivity (Wildman–Crippen MR) is 136 cm³/mol. The molecule has 0 saturated carbocycles. The Bertz CT molecular complexity index is 1570. The number of rotatable bonds is 6. The molecule has 1 aliphatic rings. The second-order valence-electron chi connectivity index (χ2n) is 8.26. The van der Waals surface area contributed by atoms with Crippen molar-refractivity contribution in [3.8, 4) is 5.75 Å². The number of hydrogen-bond acceptors (Lipinski definition) is 9. The third-order valence-corrected chi connectivity index (χ3v) is 6.75. The van der Waals surface area contributed by atoms with Crippen LogP contribution in [0.3, 0.4) is 0 Å². The van der Waals surface area contributed by atoms with Crippen molar-refractivity contribution < 1.29 is 19.6 Å². The minimum atomic E-state index is -0.780. The van der Waals surface area contributed by atoms with Gasteiger partial charge in [0.05, 0.1) is 33.4 Å². The minimum Gasteiger partial charge on any atom is -0.502 e. The van der Waals surface area contributed by atoms with Gasteiger partial charge in [0.15, 0.2) is 4.80 Å². The number of aromatic nitrogens is 1. The molecule has 0 aliphatic carbocycles. The molecule has 0 fully saturated rings. The van der Waals surface area contributed by atoms with E-state index in [4.69, 9.17) is 4.74 Å². The monoisotopic (exact) mass is 508 g/mol. The highest BCUT2D eigenvalue weighted by atomic mass is 32.1. The molecular formula is C25H24N4O6S. The average Bonchev–Trinajstić information content (AvgIpc) is 3.13. The van der Waals surface area contributed by atoms with Gasteiger partial charge in [0.2, 0.25) is 5.75 Å². The van der Waals surface area contributed by atoms with Gasteiger partial charge in [-0.2, -0.15) is 0 Å². The van der Waals surface area contributed by atoms with Crippen molar-refractivity contribution in [3.63, 3.8) is 0 Å². The molecule has 1 atom stereocenters. The highest BCUT2D eigenvalue weighted by Crippen LogP contribution is 2.32. The van der Waals surface area contributed by atoms with Crippen LogP contribution in [0.2, 0.25) is 0 Å². The lowest BCUT2D eigenvalue weighted by molar-refractivity contribution is -0.385. The lowest BCUT2D eigenvalue weighted by atomic mass is 9.95. The number of carbonyl (C=O) groups is 1. The number of nitro benzene ring substituents is 1. The first-order chi connectivity index (χ1) is 17.1. The minimum absolute atomic E-state index is 0.127. The number of para-hydroxylation sites is 1. The maximum absolute atomic E-state index is 13.6. The summed E-state index contributed by atoms with van der Waals surface area (Å²) in [5.74, 6) is -1.10. The summed E-state index contributed by atoms with van der Waals surface area (Å²) in [6, 6.07) is 10.8. The number of nitrogens with zero attached hydrogens (tertiary/aromatic N) is 4. The number of phenolic OH excluding ortho intramolecular Hbond substituents is 1. The number of allylic oxidation sites excluding steroid dienone is 1. The molecule has 2 heterocycles.